The number of ether oxygens (including phenoxy) is 1. The van der Waals surface area contributed by atoms with Gasteiger partial charge in [0.1, 0.15) is 18.3 Å². The van der Waals surface area contributed by atoms with E-state index in [1.165, 1.54) is 37.0 Å². The van der Waals surface area contributed by atoms with E-state index in [0.717, 1.165) is 46.0 Å². The van der Waals surface area contributed by atoms with E-state index >= 15 is 0 Å². The average molecular weight is 657 g/mol. The number of unbranched alkanes of at least 4 members (excludes halogenated alkanes) is 4. The Morgan fingerprint density at radius 2 is 1.47 bits per heavy atom. The lowest BCUT2D eigenvalue weighted by Gasteiger charge is -2.18. The zero-order valence-corrected chi connectivity index (χ0v) is 28.4. The molecule has 2 aromatic heterocycles. The third-order valence-electron chi connectivity index (χ3n) is 7.61. The number of aromatic nitrogens is 2. The number of hydrogen-bond acceptors (Lipinski definition) is 7. The molecule has 0 aliphatic rings. The van der Waals surface area contributed by atoms with Gasteiger partial charge in [-0.05, 0) is 53.8 Å². The SMILES string of the molecule is CCCCCCCOc1ccc(-c2cnc(-c3ccc(C[C@H](NC(=O)c4ccc(C(C)(C)C)s4)C(=O)NCC(=O)O)cc3)cn2)cc1. The maximum absolute atomic E-state index is 13.1. The number of nitrogens with zero attached hydrogens (tertiary/aromatic N) is 2. The molecule has 0 aliphatic heterocycles. The molecule has 0 aliphatic carbocycles. The highest BCUT2D eigenvalue weighted by atomic mass is 32.1. The lowest BCUT2D eigenvalue weighted by atomic mass is 9.95. The number of carboxylic acids is 1. The van der Waals surface area contributed by atoms with Gasteiger partial charge in [-0.2, -0.15) is 0 Å². The molecular weight excluding hydrogens is 612 g/mol. The highest BCUT2D eigenvalue weighted by Gasteiger charge is 2.25. The number of benzene rings is 2. The van der Waals surface area contributed by atoms with Gasteiger partial charge in [0.15, 0.2) is 0 Å². The summed E-state index contributed by atoms with van der Waals surface area (Å²) in [5.74, 6) is -1.27. The molecule has 0 saturated heterocycles. The van der Waals surface area contributed by atoms with Gasteiger partial charge in [0.05, 0.1) is 35.3 Å². The normalized spacial score (nSPS) is 11.9. The molecule has 47 heavy (non-hydrogen) atoms. The van der Waals surface area contributed by atoms with Crippen molar-refractivity contribution in [3.8, 4) is 28.3 Å². The molecule has 0 radical (unpaired) electrons. The van der Waals surface area contributed by atoms with Crippen LogP contribution in [-0.4, -0.2) is 52.1 Å². The molecule has 0 unspecified atom stereocenters. The first-order chi connectivity index (χ1) is 22.5. The van der Waals surface area contributed by atoms with E-state index in [0.29, 0.717) is 10.6 Å². The minimum absolute atomic E-state index is 0.109. The fourth-order valence-corrected chi connectivity index (χ4v) is 5.85. The zero-order chi connectivity index (χ0) is 33.8. The molecule has 0 fully saturated rings. The van der Waals surface area contributed by atoms with Gasteiger partial charge < -0.3 is 20.5 Å². The molecule has 0 spiro atoms. The zero-order valence-electron chi connectivity index (χ0n) is 27.5. The fourth-order valence-electron chi connectivity index (χ4n) is 4.88. The first kappa shape index (κ1) is 35.3. The lowest BCUT2D eigenvalue weighted by Crippen LogP contribution is -2.49. The van der Waals surface area contributed by atoms with Crippen molar-refractivity contribution >= 4 is 29.1 Å². The number of thiophene rings is 1. The molecule has 2 aromatic carbocycles. The summed E-state index contributed by atoms with van der Waals surface area (Å²) < 4.78 is 5.87. The number of nitrogens with one attached hydrogen (secondary N) is 2. The molecule has 10 heteroatoms. The summed E-state index contributed by atoms with van der Waals surface area (Å²) in [5, 5.41) is 14.2. The average Bonchev–Trinajstić information content (AvgIpc) is 3.58. The van der Waals surface area contributed by atoms with E-state index < -0.39 is 24.5 Å². The standard InChI is InChI=1S/C37H44N4O5S/c1-5-6-7-8-9-20-46-28-16-14-27(15-17-28)31-23-38-30(22-39-31)26-12-10-25(11-13-26)21-29(35(44)40-24-34(42)43)41-36(45)32-18-19-33(47-32)37(2,3)4/h10-19,22-23,29H,5-9,20-21,24H2,1-4H3,(H,40,44)(H,41,45)(H,42,43)/t29-/m0/s1. The highest BCUT2D eigenvalue weighted by molar-refractivity contribution is 7.14. The van der Waals surface area contributed by atoms with E-state index in [9.17, 15) is 14.4 Å². The first-order valence-corrected chi connectivity index (χ1v) is 16.9. The van der Waals surface area contributed by atoms with Crippen molar-refractivity contribution in [1.82, 2.24) is 20.6 Å². The van der Waals surface area contributed by atoms with Gasteiger partial charge in [-0.25, -0.2) is 0 Å². The summed E-state index contributed by atoms with van der Waals surface area (Å²) in [6.07, 6.45) is 9.64. The molecule has 248 valence electrons. The number of carboxylic acid groups (broad SMARTS) is 1. The number of aliphatic carboxylic acids is 1. The van der Waals surface area contributed by atoms with Gasteiger partial charge in [-0.3, -0.25) is 24.4 Å². The Morgan fingerprint density at radius 3 is 2.02 bits per heavy atom. The van der Waals surface area contributed by atoms with Crippen molar-refractivity contribution in [1.29, 1.82) is 0 Å². The summed E-state index contributed by atoms with van der Waals surface area (Å²) in [6.45, 7) is 8.59. The minimum Gasteiger partial charge on any atom is -0.494 e. The first-order valence-electron chi connectivity index (χ1n) is 16.1. The van der Waals surface area contributed by atoms with Crippen LogP contribution < -0.4 is 15.4 Å². The van der Waals surface area contributed by atoms with Crippen LogP contribution in [0.3, 0.4) is 0 Å². The molecule has 4 rings (SSSR count). The van der Waals surface area contributed by atoms with E-state index in [1.54, 1.807) is 18.5 Å². The molecular formula is C37H44N4O5S. The van der Waals surface area contributed by atoms with Crippen LogP contribution in [0, 0.1) is 0 Å². The van der Waals surface area contributed by atoms with Gasteiger partial charge >= 0.3 is 5.97 Å². The second-order valence-electron chi connectivity index (χ2n) is 12.5. The van der Waals surface area contributed by atoms with Crippen molar-refractivity contribution in [2.24, 2.45) is 0 Å². The van der Waals surface area contributed by atoms with Gasteiger partial charge in [-0.15, -0.1) is 11.3 Å². The molecule has 0 bridgehead atoms. The largest absolute Gasteiger partial charge is 0.494 e. The molecule has 4 aromatic rings. The molecule has 9 nitrogen and oxygen atoms in total. The van der Waals surface area contributed by atoms with Crippen molar-refractivity contribution in [3.63, 3.8) is 0 Å². The number of carbonyl (C=O) groups excluding carboxylic acids is 2. The van der Waals surface area contributed by atoms with Crippen LogP contribution in [0.25, 0.3) is 22.5 Å². The quantitative estimate of drug-likeness (QED) is 0.110. The van der Waals surface area contributed by atoms with Crippen LogP contribution in [-0.2, 0) is 21.4 Å². The van der Waals surface area contributed by atoms with Crippen LogP contribution in [0.4, 0.5) is 0 Å². The monoisotopic (exact) mass is 656 g/mol. The maximum atomic E-state index is 13.1. The Bertz CT molecular complexity index is 1610. The Hall–Kier alpha value is -4.57. The lowest BCUT2D eigenvalue weighted by molar-refractivity contribution is -0.138. The fraction of sp³-hybridized carbons (Fsp3) is 0.378. The van der Waals surface area contributed by atoms with E-state index in [4.69, 9.17) is 9.84 Å². The van der Waals surface area contributed by atoms with Crippen LogP contribution in [0.15, 0.2) is 73.1 Å². The molecule has 3 N–H and O–H groups in total. The summed E-state index contributed by atoms with van der Waals surface area (Å²) in [4.78, 5) is 47.8. The van der Waals surface area contributed by atoms with Gasteiger partial charge in [0, 0.05) is 22.4 Å². The Balaban J connectivity index is 1.38. The van der Waals surface area contributed by atoms with E-state index in [-0.39, 0.29) is 17.7 Å². The smallest absolute Gasteiger partial charge is 0.322 e. The Morgan fingerprint density at radius 1 is 0.851 bits per heavy atom. The number of rotatable bonds is 16. The predicted molar refractivity (Wildman–Crippen MR) is 186 cm³/mol. The van der Waals surface area contributed by atoms with Gasteiger partial charge in [0.25, 0.3) is 5.91 Å². The third kappa shape index (κ3) is 10.7. The number of amides is 2. The number of carbonyl (C=O) groups is 3. The summed E-state index contributed by atoms with van der Waals surface area (Å²) in [7, 11) is 0. The minimum atomic E-state index is -1.16. The Kier molecular flexibility index (Phi) is 12.6. The third-order valence-corrected chi connectivity index (χ3v) is 9.12. The topological polar surface area (TPSA) is 131 Å². The van der Waals surface area contributed by atoms with Crippen molar-refractivity contribution in [3.05, 3.63) is 88.4 Å². The van der Waals surface area contributed by atoms with Crippen molar-refractivity contribution in [2.45, 2.75) is 77.7 Å². The van der Waals surface area contributed by atoms with Crippen molar-refractivity contribution < 1.29 is 24.2 Å². The summed E-state index contributed by atoms with van der Waals surface area (Å²) in [5.41, 5.74) is 3.92. The van der Waals surface area contributed by atoms with Gasteiger partial charge in [-0.1, -0.05) is 77.6 Å². The second-order valence-corrected chi connectivity index (χ2v) is 13.6. The summed E-state index contributed by atoms with van der Waals surface area (Å²) >= 11 is 1.37. The number of hydrogen-bond donors (Lipinski definition) is 3. The maximum Gasteiger partial charge on any atom is 0.322 e. The molecule has 2 heterocycles. The second kappa shape index (κ2) is 16.8. The molecule has 2 amide bonds. The van der Waals surface area contributed by atoms with E-state index in [2.05, 4.69) is 48.3 Å². The van der Waals surface area contributed by atoms with Crippen molar-refractivity contribution in [2.75, 3.05) is 13.2 Å². The molecule has 0 saturated carbocycles. The van der Waals surface area contributed by atoms with E-state index in [1.807, 2.05) is 54.6 Å². The molecule has 1 atom stereocenters. The van der Waals surface area contributed by atoms with Gasteiger partial charge in [0.2, 0.25) is 5.91 Å². The predicted octanol–water partition coefficient (Wildman–Crippen LogP) is 7.06. The Labute approximate surface area is 280 Å². The van der Waals surface area contributed by atoms with Crippen LogP contribution >= 0.6 is 11.3 Å². The van der Waals surface area contributed by atoms with Crippen LogP contribution in [0.5, 0.6) is 5.75 Å². The summed E-state index contributed by atoms with van der Waals surface area (Å²) in [6, 6.07) is 18.1. The highest BCUT2D eigenvalue weighted by Crippen LogP contribution is 2.29. The van der Waals surface area contributed by atoms with Crippen LogP contribution in [0.2, 0.25) is 0 Å². The van der Waals surface area contributed by atoms with Crippen LogP contribution in [0.1, 0.15) is 79.9 Å².